The summed E-state index contributed by atoms with van der Waals surface area (Å²) in [6, 6.07) is 0. The molecule has 0 bridgehead atoms. The summed E-state index contributed by atoms with van der Waals surface area (Å²) in [6.07, 6.45) is 3.33. The molecule has 0 aromatic rings. The van der Waals surface area contributed by atoms with Crippen LogP contribution in [-0.4, -0.2) is 32.2 Å². The van der Waals surface area contributed by atoms with Gasteiger partial charge in [-0.15, -0.1) is 0 Å². The molecule has 3 nitrogen and oxygen atoms in total. The van der Waals surface area contributed by atoms with E-state index in [2.05, 4.69) is 13.8 Å². The number of ether oxygens (including phenoxy) is 3. The molecule has 1 saturated heterocycles. The van der Waals surface area contributed by atoms with Crippen molar-refractivity contribution in [3.63, 3.8) is 0 Å². The lowest BCUT2D eigenvalue weighted by Crippen LogP contribution is -2.20. The van der Waals surface area contributed by atoms with Gasteiger partial charge in [0.25, 0.3) is 0 Å². The van der Waals surface area contributed by atoms with Gasteiger partial charge in [0.2, 0.25) is 0 Å². The van der Waals surface area contributed by atoms with Gasteiger partial charge in [0.15, 0.2) is 6.29 Å². The van der Waals surface area contributed by atoms with Gasteiger partial charge in [0.05, 0.1) is 19.3 Å². The molecule has 3 heteroatoms. The molecule has 78 valence electrons. The summed E-state index contributed by atoms with van der Waals surface area (Å²) in [4.78, 5) is 0. The second-order valence-electron chi connectivity index (χ2n) is 3.44. The van der Waals surface area contributed by atoms with Crippen molar-refractivity contribution >= 4 is 0 Å². The second-order valence-corrected chi connectivity index (χ2v) is 3.44. The summed E-state index contributed by atoms with van der Waals surface area (Å²) in [6.45, 7) is 6.36. The van der Waals surface area contributed by atoms with Gasteiger partial charge in [-0.05, 0) is 13.3 Å². The first-order valence-electron chi connectivity index (χ1n) is 5.17. The van der Waals surface area contributed by atoms with Crippen molar-refractivity contribution in [3.8, 4) is 0 Å². The highest BCUT2D eigenvalue weighted by molar-refractivity contribution is 4.58. The van der Waals surface area contributed by atoms with Gasteiger partial charge >= 0.3 is 0 Å². The minimum atomic E-state index is -0.0518. The predicted octanol–water partition coefficient (Wildman–Crippen LogP) is 1.95. The average Bonchev–Trinajstić information content (AvgIpc) is 2.31. The molecule has 0 amide bonds. The molecule has 0 aliphatic carbocycles. The first kappa shape index (κ1) is 11.0. The lowest BCUT2D eigenvalue weighted by molar-refractivity contribution is -0.140. The van der Waals surface area contributed by atoms with E-state index >= 15 is 0 Å². The van der Waals surface area contributed by atoms with Crippen molar-refractivity contribution in [2.24, 2.45) is 0 Å². The lowest BCUT2D eigenvalue weighted by atomic mass is 10.3. The zero-order valence-electron chi connectivity index (χ0n) is 8.62. The zero-order valence-corrected chi connectivity index (χ0v) is 8.62. The molecule has 0 unspecified atom stereocenters. The van der Waals surface area contributed by atoms with Crippen LogP contribution in [0.5, 0.6) is 0 Å². The quantitative estimate of drug-likeness (QED) is 0.631. The topological polar surface area (TPSA) is 27.7 Å². The van der Waals surface area contributed by atoms with Gasteiger partial charge < -0.3 is 14.2 Å². The van der Waals surface area contributed by atoms with Crippen LogP contribution < -0.4 is 0 Å². The molecule has 0 saturated carbocycles. The third-order valence-corrected chi connectivity index (χ3v) is 2.12. The first-order chi connectivity index (χ1) is 6.33. The van der Waals surface area contributed by atoms with Gasteiger partial charge in [0.1, 0.15) is 0 Å². The van der Waals surface area contributed by atoms with Gasteiger partial charge in [0, 0.05) is 13.0 Å². The Morgan fingerprint density at radius 2 is 2.08 bits per heavy atom. The lowest BCUT2D eigenvalue weighted by Gasteiger charge is -2.16. The third-order valence-electron chi connectivity index (χ3n) is 2.12. The summed E-state index contributed by atoms with van der Waals surface area (Å²) in [5.74, 6) is 0. The van der Waals surface area contributed by atoms with Gasteiger partial charge in [-0.3, -0.25) is 0 Å². The Bertz CT molecular complexity index is 127. The predicted molar refractivity (Wildman–Crippen MR) is 50.6 cm³/mol. The molecule has 1 aliphatic heterocycles. The maximum Gasteiger partial charge on any atom is 0.160 e. The van der Waals surface area contributed by atoms with Crippen LogP contribution >= 0.6 is 0 Å². The van der Waals surface area contributed by atoms with Crippen molar-refractivity contribution in [3.05, 3.63) is 0 Å². The van der Waals surface area contributed by atoms with Crippen LogP contribution in [0.15, 0.2) is 0 Å². The fraction of sp³-hybridized carbons (Fsp3) is 1.00. The standard InChI is InChI=1S/C10H20O3/c1-3-4-5-12-10-8-9(2)11-6-7-13-10/h9-10H,3-8H2,1-2H3/t9-,10-/m1/s1. The summed E-state index contributed by atoms with van der Waals surface area (Å²) in [5, 5.41) is 0. The van der Waals surface area contributed by atoms with E-state index in [-0.39, 0.29) is 12.4 Å². The Kier molecular flexibility index (Phi) is 5.35. The van der Waals surface area contributed by atoms with Gasteiger partial charge in [-0.2, -0.15) is 0 Å². The Morgan fingerprint density at radius 3 is 2.85 bits per heavy atom. The van der Waals surface area contributed by atoms with Crippen LogP contribution in [0.4, 0.5) is 0 Å². The molecule has 1 fully saturated rings. The Balaban J connectivity index is 2.15. The van der Waals surface area contributed by atoms with Crippen LogP contribution in [0.1, 0.15) is 33.1 Å². The number of hydrogen-bond acceptors (Lipinski definition) is 3. The summed E-state index contributed by atoms with van der Waals surface area (Å²) in [5.41, 5.74) is 0. The molecule has 0 radical (unpaired) electrons. The van der Waals surface area contributed by atoms with Gasteiger partial charge in [-0.25, -0.2) is 0 Å². The molecule has 0 aromatic carbocycles. The highest BCUT2D eigenvalue weighted by Gasteiger charge is 2.17. The summed E-state index contributed by atoms with van der Waals surface area (Å²) >= 11 is 0. The normalized spacial score (nSPS) is 30.0. The van der Waals surface area contributed by atoms with Crippen molar-refractivity contribution in [1.82, 2.24) is 0 Å². The molecular weight excluding hydrogens is 168 g/mol. The smallest absolute Gasteiger partial charge is 0.160 e. The average molecular weight is 188 g/mol. The van der Waals surface area contributed by atoms with E-state index < -0.39 is 0 Å². The van der Waals surface area contributed by atoms with Crippen molar-refractivity contribution in [1.29, 1.82) is 0 Å². The minimum Gasteiger partial charge on any atom is -0.376 e. The van der Waals surface area contributed by atoms with Crippen LogP contribution in [-0.2, 0) is 14.2 Å². The monoisotopic (exact) mass is 188 g/mol. The fourth-order valence-electron chi connectivity index (χ4n) is 1.31. The van der Waals surface area contributed by atoms with E-state index in [4.69, 9.17) is 14.2 Å². The first-order valence-corrected chi connectivity index (χ1v) is 5.17. The summed E-state index contributed by atoms with van der Waals surface area (Å²) < 4.78 is 16.5. The molecule has 1 heterocycles. The molecule has 0 spiro atoms. The Morgan fingerprint density at radius 1 is 1.31 bits per heavy atom. The van der Waals surface area contributed by atoms with E-state index in [0.717, 1.165) is 19.4 Å². The number of hydrogen-bond donors (Lipinski definition) is 0. The van der Waals surface area contributed by atoms with Crippen LogP contribution in [0.3, 0.4) is 0 Å². The van der Waals surface area contributed by atoms with E-state index in [1.54, 1.807) is 0 Å². The van der Waals surface area contributed by atoms with Crippen molar-refractivity contribution < 1.29 is 14.2 Å². The van der Waals surface area contributed by atoms with Crippen LogP contribution in [0, 0.1) is 0 Å². The van der Waals surface area contributed by atoms with Crippen LogP contribution in [0.2, 0.25) is 0 Å². The molecular formula is C10H20O3. The summed E-state index contributed by atoms with van der Waals surface area (Å²) in [7, 11) is 0. The van der Waals surface area contributed by atoms with Crippen molar-refractivity contribution in [2.45, 2.75) is 45.5 Å². The molecule has 2 atom stereocenters. The SMILES string of the molecule is CCCCO[C@H]1C[C@@H](C)OCCO1. The van der Waals surface area contributed by atoms with E-state index in [1.165, 1.54) is 6.42 Å². The largest absolute Gasteiger partial charge is 0.376 e. The highest BCUT2D eigenvalue weighted by Crippen LogP contribution is 2.12. The maximum atomic E-state index is 5.57. The van der Waals surface area contributed by atoms with Crippen molar-refractivity contribution in [2.75, 3.05) is 19.8 Å². The van der Waals surface area contributed by atoms with E-state index in [1.807, 2.05) is 0 Å². The molecule has 1 rings (SSSR count). The van der Waals surface area contributed by atoms with E-state index in [0.29, 0.717) is 13.2 Å². The Hall–Kier alpha value is -0.120. The van der Waals surface area contributed by atoms with Gasteiger partial charge in [-0.1, -0.05) is 13.3 Å². The number of unbranched alkanes of at least 4 members (excludes halogenated alkanes) is 1. The number of rotatable bonds is 4. The second kappa shape index (κ2) is 6.35. The Labute approximate surface area is 80.4 Å². The maximum absolute atomic E-state index is 5.57. The minimum absolute atomic E-state index is 0.0518. The van der Waals surface area contributed by atoms with Crippen LogP contribution in [0.25, 0.3) is 0 Å². The zero-order chi connectivity index (χ0) is 9.52. The fourth-order valence-corrected chi connectivity index (χ4v) is 1.31. The third kappa shape index (κ3) is 4.60. The molecule has 0 aromatic heterocycles. The molecule has 13 heavy (non-hydrogen) atoms. The molecule has 1 aliphatic rings. The van der Waals surface area contributed by atoms with E-state index in [9.17, 15) is 0 Å². The highest BCUT2D eigenvalue weighted by atomic mass is 16.7. The molecule has 0 N–H and O–H groups in total.